The molecule has 3 nitrogen and oxygen atoms in total. The van der Waals surface area contributed by atoms with Gasteiger partial charge in [0.15, 0.2) is 0 Å². The van der Waals surface area contributed by atoms with E-state index in [-0.39, 0.29) is 5.71 Å². The van der Waals surface area contributed by atoms with Crippen LogP contribution in [0.25, 0.3) is 0 Å². The average molecular weight is 235 g/mol. The van der Waals surface area contributed by atoms with Crippen LogP contribution in [-0.4, -0.2) is 5.71 Å². The van der Waals surface area contributed by atoms with E-state index < -0.39 is 5.92 Å². The van der Waals surface area contributed by atoms with E-state index in [2.05, 4.69) is 6.07 Å². The van der Waals surface area contributed by atoms with Crippen LogP contribution in [0.3, 0.4) is 0 Å². The molecule has 2 aromatic carbocycles. The fourth-order valence-electron chi connectivity index (χ4n) is 1.85. The van der Waals surface area contributed by atoms with Gasteiger partial charge in [0.05, 0.1) is 11.8 Å². The van der Waals surface area contributed by atoms with Crippen LogP contribution in [-0.2, 0) is 0 Å². The number of nitriles is 1. The van der Waals surface area contributed by atoms with E-state index in [1.54, 1.807) is 12.1 Å². The van der Waals surface area contributed by atoms with Crippen LogP contribution < -0.4 is 5.73 Å². The van der Waals surface area contributed by atoms with Crippen molar-refractivity contribution in [1.29, 1.82) is 10.7 Å². The minimum atomic E-state index is -0.631. The van der Waals surface area contributed by atoms with E-state index in [1.165, 1.54) is 0 Å². The number of para-hydroxylation sites is 1. The fourth-order valence-corrected chi connectivity index (χ4v) is 1.85. The summed E-state index contributed by atoms with van der Waals surface area (Å²) in [5, 5.41) is 17.4. The molecule has 0 radical (unpaired) electrons. The molecular formula is C15H13N3. The summed E-state index contributed by atoms with van der Waals surface area (Å²) < 4.78 is 0. The molecule has 3 heteroatoms. The van der Waals surface area contributed by atoms with Crippen LogP contribution in [0.4, 0.5) is 5.69 Å². The number of nitrogens with two attached hydrogens (primary N) is 1. The number of rotatable bonds is 3. The first-order chi connectivity index (χ1) is 8.74. The van der Waals surface area contributed by atoms with Gasteiger partial charge in [0.25, 0.3) is 0 Å². The number of nitrogen functional groups attached to an aromatic ring is 1. The van der Waals surface area contributed by atoms with E-state index in [4.69, 9.17) is 11.1 Å². The number of nitrogens with one attached hydrogen (secondary N) is 1. The molecule has 0 aliphatic carbocycles. The van der Waals surface area contributed by atoms with Crippen LogP contribution in [0.5, 0.6) is 0 Å². The number of anilines is 1. The third kappa shape index (κ3) is 2.23. The minimum absolute atomic E-state index is 0.274. The average Bonchev–Trinajstić information content (AvgIpc) is 2.42. The third-order valence-corrected chi connectivity index (χ3v) is 2.81. The Bertz CT molecular complexity index is 597. The molecule has 0 fully saturated rings. The van der Waals surface area contributed by atoms with Crippen LogP contribution in [0.15, 0.2) is 54.6 Å². The molecule has 88 valence electrons. The molecule has 18 heavy (non-hydrogen) atoms. The molecule has 2 aromatic rings. The van der Waals surface area contributed by atoms with E-state index >= 15 is 0 Å². The second kappa shape index (κ2) is 5.15. The molecule has 0 heterocycles. The molecule has 1 unspecified atom stereocenters. The van der Waals surface area contributed by atoms with Gasteiger partial charge in [-0.15, -0.1) is 0 Å². The third-order valence-electron chi connectivity index (χ3n) is 2.81. The Morgan fingerprint density at radius 1 is 1.06 bits per heavy atom. The van der Waals surface area contributed by atoms with E-state index in [0.717, 1.165) is 5.56 Å². The van der Waals surface area contributed by atoms with Crippen molar-refractivity contribution in [3.05, 3.63) is 65.7 Å². The molecule has 0 saturated carbocycles. The Morgan fingerprint density at radius 2 is 1.67 bits per heavy atom. The summed E-state index contributed by atoms with van der Waals surface area (Å²) in [6.45, 7) is 0. The van der Waals surface area contributed by atoms with Gasteiger partial charge in [-0.2, -0.15) is 5.26 Å². The van der Waals surface area contributed by atoms with Gasteiger partial charge in [-0.05, 0) is 17.2 Å². The molecular weight excluding hydrogens is 222 g/mol. The standard InChI is InChI=1S/C15H13N3/c16-10-13(12-8-4-5-9-14(12)17)15(18)11-6-2-1-3-7-11/h1-9,13,18H,17H2. The van der Waals surface area contributed by atoms with Crippen LogP contribution in [0.2, 0.25) is 0 Å². The molecule has 0 aromatic heterocycles. The molecule has 0 saturated heterocycles. The van der Waals surface area contributed by atoms with Crippen molar-refractivity contribution >= 4 is 11.4 Å². The van der Waals surface area contributed by atoms with Crippen LogP contribution in [0, 0.1) is 16.7 Å². The summed E-state index contributed by atoms with van der Waals surface area (Å²) in [5.74, 6) is -0.631. The lowest BCUT2D eigenvalue weighted by Gasteiger charge is -2.13. The lowest BCUT2D eigenvalue weighted by atomic mass is 9.90. The van der Waals surface area contributed by atoms with E-state index in [1.807, 2.05) is 42.5 Å². The lowest BCUT2D eigenvalue weighted by molar-refractivity contribution is 1.13. The van der Waals surface area contributed by atoms with E-state index in [0.29, 0.717) is 11.3 Å². The molecule has 0 aliphatic heterocycles. The maximum absolute atomic E-state index is 9.29. The summed E-state index contributed by atoms with van der Waals surface area (Å²) in [5.41, 5.74) is 8.12. The fraction of sp³-hybridized carbons (Fsp3) is 0.0667. The smallest absolute Gasteiger partial charge is 0.115 e. The summed E-state index contributed by atoms with van der Waals surface area (Å²) in [6, 6.07) is 18.6. The minimum Gasteiger partial charge on any atom is -0.398 e. The van der Waals surface area contributed by atoms with Gasteiger partial charge in [0.2, 0.25) is 0 Å². The van der Waals surface area contributed by atoms with Crippen molar-refractivity contribution in [1.82, 2.24) is 0 Å². The second-order valence-electron chi connectivity index (χ2n) is 3.97. The van der Waals surface area contributed by atoms with Crippen molar-refractivity contribution < 1.29 is 0 Å². The molecule has 0 spiro atoms. The van der Waals surface area contributed by atoms with Crippen molar-refractivity contribution in [2.75, 3.05) is 5.73 Å². The normalized spacial score (nSPS) is 11.5. The topological polar surface area (TPSA) is 73.7 Å². The number of nitrogens with zero attached hydrogens (tertiary/aromatic N) is 1. The van der Waals surface area contributed by atoms with Gasteiger partial charge in [-0.1, -0.05) is 48.5 Å². The van der Waals surface area contributed by atoms with Crippen molar-refractivity contribution in [3.8, 4) is 6.07 Å². The Balaban J connectivity index is 2.40. The monoisotopic (exact) mass is 235 g/mol. The summed E-state index contributed by atoms with van der Waals surface area (Å²) in [4.78, 5) is 0. The van der Waals surface area contributed by atoms with Gasteiger partial charge in [-0.25, -0.2) is 0 Å². The number of hydrogen-bond donors (Lipinski definition) is 2. The predicted molar refractivity (Wildman–Crippen MR) is 72.5 cm³/mol. The van der Waals surface area contributed by atoms with Crippen molar-refractivity contribution in [3.63, 3.8) is 0 Å². The summed E-state index contributed by atoms with van der Waals surface area (Å²) in [7, 11) is 0. The highest BCUT2D eigenvalue weighted by Crippen LogP contribution is 2.25. The summed E-state index contributed by atoms with van der Waals surface area (Å²) in [6.07, 6.45) is 0. The zero-order valence-electron chi connectivity index (χ0n) is 9.80. The highest BCUT2D eigenvalue weighted by atomic mass is 14.6. The first kappa shape index (κ1) is 11.9. The van der Waals surface area contributed by atoms with Crippen molar-refractivity contribution in [2.45, 2.75) is 5.92 Å². The van der Waals surface area contributed by atoms with Gasteiger partial charge in [-0.3, -0.25) is 0 Å². The molecule has 1 atom stereocenters. The van der Waals surface area contributed by atoms with E-state index in [9.17, 15) is 5.26 Å². The Labute approximate surface area is 106 Å². The molecule has 2 rings (SSSR count). The maximum Gasteiger partial charge on any atom is 0.115 e. The summed E-state index contributed by atoms with van der Waals surface area (Å²) >= 11 is 0. The maximum atomic E-state index is 9.29. The molecule has 0 bridgehead atoms. The Kier molecular flexibility index (Phi) is 3.40. The van der Waals surface area contributed by atoms with Crippen LogP contribution >= 0.6 is 0 Å². The van der Waals surface area contributed by atoms with Crippen LogP contribution in [0.1, 0.15) is 17.0 Å². The van der Waals surface area contributed by atoms with Gasteiger partial charge < -0.3 is 11.1 Å². The largest absolute Gasteiger partial charge is 0.398 e. The zero-order chi connectivity index (χ0) is 13.0. The zero-order valence-corrected chi connectivity index (χ0v) is 9.80. The molecule has 0 amide bonds. The second-order valence-corrected chi connectivity index (χ2v) is 3.97. The highest BCUT2D eigenvalue weighted by molar-refractivity contribution is 6.05. The highest BCUT2D eigenvalue weighted by Gasteiger charge is 2.19. The number of benzene rings is 2. The first-order valence-corrected chi connectivity index (χ1v) is 5.62. The lowest BCUT2D eigenvalue weighted by Crippen LogP contribution is -2.12. The quantitative estimate of drug-likeness (QED) is 0.634. The predicted octanol–water partition coefficient (Wildman–Crippen LogP) is 2.94. The van der Waals surface area contributed by atoms with Crippen molar-refractivity contribution in [2.24, 2.45) is 0 Å². The number of hydrogen-bond acceptors (Lipinski definition) is 3. The Morgan fingerprint density at radius 3 is 2.28 bits per heavy atom. The van der Waals surface area contributed by atoms with Gasteiger partial charge >= 0.3 is 0 Å². The molecule has 3 N–H and O–H groups in total. The molecule has 0 aliphatic rings. The first-order valence-electron chi connectivity index (χ1n) is 5.62. The van der Waals surface area contributed by atoms with Gasteiger partial charge in [0.1, 0.15) is 5.92 Å². The SMILES string of the molecule is N#CC(C(=N)c1ccccc1)c1ccccc1N. The Hall–Kier alpha value is -2.60. The van der Waals surface area contributed by atoms with Gasteiger partial charge in [0, 0.05) is 5.69 Å².